The zero-order valence-electron chi connectivity index (χ0n) is 12.3. The Kier molecular flexibility index (Phi) is 4.51. The van der Waals surface area contributed by atoms with E-state index >= 15 is 0 Å². The number of nitrogens with zero attached hydrogens (tertiary/aromatic N) is 2. The quantitative estimate of drug-likeness (QED) is 0.909. The fraction of sp³-hybridized carbons (Fsp3) is 0.643. The number of thiazole rings is 1. The Hall–Kier alpha value is -1.63. The van der Waals surface area contributed by atoms with Crippen LogP contribution in [-0.2, 0) is 16.1 Å². The van der Waals surface area contributed by atoms with Crippen molar-refractivity contribution in [2.75, 3.05) is 13.1 Å². The third-order valence-corrected chi connectivity index (χ3v) is 5.21. The first kappa shape index (κ1) is 15.8. The number of amides is 1. The molecule has 1 saturated heterocycles. The Balaban J connectivity index is 2.13. The Labute approximate surface area is 127 Å². The van der Waals surface area contributed by atoms with Gasteiger partial charge >= 0.3 is 10.8 Å². The molecule has 0 aromatic carbocycles. The standard InChI is InChI=1S/C14H20N2O4S/c1-3-14(12(18)19)5-4-6-15(9-14)11(17)7-16-10(2)8-21-13(16)20/h8H,3-7,9H2,1-2H3,(H,18,19). The van der Waals surface area contributed by atoms with Crippen LogP contribution in [0.1, 0.15) is 31.9 Å². The van der Waals surface area contributed by atoms with Gasteiger partial charge in [-0.15, -0.1) is 0 Å². The van der Waals surface area contributed by atoms with Crippen LogP contribution < -0.4 is 4.87 Å². The van der Waals surface area contributed by atoms with Gasteiger partial charge in [-0.3, -0.25) is 19.0 Å². The van der Waals surface area contributed by atoms with Crippen LogP contribution in [0.15, 0.2) is 10.2 Å². The van der Waals surface area contributed by atoms with Gasteiger partial charge < -0.3 is 10.0 Å². The molecule has 21 heavy (non-hydrogen) atoms. The van der Waals surface area contributed by atoms with Crippen LogP contribution in [0, 0.1) is 12.3 Å². The maximum atomic E-state index is 12.4. The first-order valence-electron chi connectivity index (χ1n) is 7.06. The molecular formula is C14H20N2O4S. The van der Waals surface area contributed by atoms with E-state index < -0.39 is 11.4 Å². The normalized spacial score (nSPS) is 22.3. The number of aromatic nitrogens is 1. The second-order valence-corrected chi connectivity index (χ2v) is 6.41. The average Bonchev–Trinajstić information content (AvgIpc) is 2.78. The molecule has 1 unspecified atom stereocenters. The van der Waals surface area contributed by atoms with Crippen molar-refractivity contribution in [3.63, 3.8) is 0 Å². The van der Waals surface area contributed by atoms with Crippen LogP contribution in [0.2, 0.25) is 0 Å². The molecule has 1 atom stereocenters. The van der Waals surface area contributed by atoms with Crippen molar-refractivity contribution in [3.05, 3.63) is 20.7 Å². The van der Waals surface area contributed by atoms with E-state index in [1.54, 1.807) is 17.2 Å². The topological polar surface area (TPSA) is 79.6 Å². The third-order valence-electron chi connectivity index (χ3n) is 4.33. The molecule has 1 aliphatic heterocycles. The number of carbonyl (C=O) groups excluding carboxylic acids is 1. The predicted molar refractivity (Wildman–Crippen MR) is 79.5 cm³/mol. The Bertz CT molecular complexity index is 606. The lowest BCUT2D eigenvalue weighted by molar-refractivity contribution is -0.155. The molecule has 0 radical (unpaired) electrons. The van der Waals surface area contributed by atoms with Gasteiger partial charge in [0, 0.05) is 24.2 Å². The van der Waals surface area contributed by atoms with E-state index in [4.69, 9.17) is 0 Å². The molecule has 1 aromatic rings. The SMILES string of the molecule is CCC1(C(=O)O)CCCN(C(=O)Cn2c(C)csc2=O)C1. The van der Waals surface area contributed by atoms with E-state index in [0.29, 0.717) is 25.8 Å². The van der Waals surface area contributed by atoms with Crippen LogP contribution in [-0.4, -0.2) is 39.5 Å². The lowest BCUT2D eigenvalue weighted by atomic mass is 9.77. The largest absolute Gasteiger partial charge is 0.481 e. The molecular weight excluding hydrogens is 292 g/mol. The number of likely N-dealkylation sites (tertiary alicyclic amines) is 1. The van der Waals surface area contributed by atoms with Crippen LogP contribution >= 0.6 is 11.3 Å². The van der Waals surface area contributed by atoms with Crippen molar-refractivity contribution < 1.29 is 14.7 Å². The summed E-state index contributed by atoms with van der Waals surface area (Å²) in [4.78, 5) is 37.0. The number of rotatable bonds is 4. The summed E-state index contributed by atoms with van der Waals surface area (Å²) in [5.41, 5.74) is -0.0851. The van der Waals surface area contributed by atoms with Crippen molar-refractivity contribution in [3.8, 4) is 0 Å². The Morgan fingerprint density at radius 2 is 2.19 bits per heavy atom. The van der Waals surface area contributed by atoms with E-state index in [0.717, 1.165) is 17.0 Å². The molecule has 0 saturated carbocycles. The maximum absolute atomic E-state index is 12.4. The van der Waals surface area contributed by atoms with Gasteiger partial charge in [0.1, 0.15) is 6.54 Å². The molecule has 2 rings (SSSR count). The second kappa shape index (κ2) is 6.01. The van der Waals surface area contributed by atoms with Gasteiger partial charge in [-0.25, -0.2) is 0 Å². The van der Waals surface area contributed by atoms with Gasteiger partial charge in [0.05, 0.1) is 5.41 Å². The van der Waals surface area contributed by atoms with Crippen molar-refractivity contribution in [2.24, 2.45) is 5.41 Å². The third kappa shape index (κ3) is 3.02. The molecule has 1 aromatic heterocycles. The Morgan fingerprint density at radius 3 is 2.71 bits per heavy atom. The zero-order chi connectivity index (χ0) is 15.6. The van der Waals surface area contributed by atoms with Crippen LogP contribution in [0.25, 0.3) is 0 Å². The minimum atomic E-state index is -0.845. The van der Waals surface area contributed by atoms with Crippen molar-refractivity contribution in [1.82, 2.24) is 9.47 Å². The smallest absolute Gasteiger partial charge is 0.311 e. The molecule has 1 amide bonds. The minimum absolute atomic E-state index is 0.00637. The highest BCUT2D eigenvalue weighted by Crippen LogP contribution is 2.33. The number of carboxylic acid groups (broad SMARTS) is 1. The number of carboxylic acids is 1. The summed E-state index contributed by atoms with van der Waals surface area (Å²) in [7, 11) is 0. The average molecular weight is 312 g/mol. The van der Waals surface area contributed by atoms with E-state index in [1.807, 2.05) is 6.92 Å². The number of aryl methyl sites for hydroxylation is 1. The minimum Gasteiger partial charge on any atom is -0.481 e. The van der Waals surface area contributed by atoms with Crippen molar-refractivity contribution in [1.29, 1.82) is 0 Å². The van der Waals surface area contributed by atoms with E-state index in [2.05, 4.69) is 0 Å². The molecule has 7 heteroatoms. The highest BCUT2D eigenvalue weighted by Gasteiger charge is 2.42. The lowest BCUT2D eigenvalue weighted by Crippen LogP contribution is -2.50. The van der Waals surface area contributed by atoms with Gasteiger partial charge in [-0.1, -0.05) is 18.3 Å². The van der Waals surface area contributed by atoms with Gasteiger partial charge in [0.15, 0.2) is 0 Å². The van der Waals surface area contributed by atoms with Crippen molar-refractivity contribution >= 4 is 23.2 Å². The summed E-state index contributed by atoms with van der Waals surface area (Å²) in [6.07, 6.45) is 1.78. The molecule has 6 nitrogen and oxygen atoms in total. The fourth-order valence-electron chi connectivity index (χ4n) is 2.79. The molecule has 1 fully saturated rings. The predicted octanol–water partition coefficient (Wildman–Crippen LogP) is 1.32. The molecule has 116 valence electrons. The molecule has 1 N–H and O–H groups in total. The molecule has 0 spiro atoms. The summed E-state index contributed by atoms with van der Waals surface area (Å²) >= 11 is 1.07. The first-order valence-corrected chi connectivity index (χ1v) is 7.93. The molecule has 2 heterocycles. The highest BCUT2D eigenvalue weighted by molar-refractivity contribution is 7.07. The zero-order valence-corrected chi connectivity index (χ0v) is 13.1. The highest BCUT2D eigenvalue weighted by atomic mass is 32.1. The van der Waals surface area contributed by atoms with E-state index in [9.17, 15) is 19.5 Å². The lowest BCUT2D eigenvalue weighted by Gasteiger charge is -2.39. The van der Waals surface area contributed by atoms with Gasteiger partial charge in [0.25, 0.3) is 0 Å². The summed E-state index contributed by atoms with van der Waals surface area (Å²) in [5.74, 6) is -1.02. The monoisotopic (exact) mass is 312 g/mol. The number of piperidine rings is 1. The van der Waals surface area contributed by atoms with Gasteiger partial charge in [0.2, 0.25) is 5.91 Å². The number of hydrogen-bond donors (Lipinski definition) is 1. The van der Waals surface area contributed by atoms with Crippen LogP contribution in [0.3, 0.4) is 0 Å². The van der Waals surface area contributed by atoms with Gasteiger partial charge in [-0.2, -0.15) is 0 Å². The van der Waals surface area contributed by atoms with E-state index in [-0.39, 0.29) is 23.9 Å². The molecule has 0 bridgehead atoms. The number of aliphatic carboxylic acids is 1. The second-order valence-electron chi connectivity index (χ2n) is 5.59. The van der Waals surface area contributed by atoms with Crippen LogP contribution in [0.4, 0.5) is 0 Å². The number of carbonyl (C=O) groups is 2. The maximum Gasteiger partial charge on any atom is 0.311 e. The van der Waals surface area contributed by atoms with E-state index in [1.165, 1.54) is 4.57 Å². The number of hydrogen-bond acceptors (Lipinski definition) is 4. The summed E-state index contributed by atoms with van der Waals surface area (Å²) in [6, 6.07) is 0. The molecule has 0 aliphatic carbocycles. The van der Waals surface area contributed by atoms with Crippen LogP contribution in [0.5, 0.6) is 0 Å². The van der Waals surface area contributed by atoms with Crippen molar-refractivity contribution in [2.45, 2.75) is 39.7 Å². The Morgan fingerprint density at radius 1 is 1.48 bits per heavy atom. The fourth-order valence-corrected chi connectivity index (χ4v) is 3.52. The first-order chi connectivity index (χ1) is 9.89. The summed E-state index contributed by atoms with van der Waals surface area (Å²) in [5, 5.41) is 11.2. The summed E-state index contributed by atoms with van der Waals surface area (Å²) < 4.78 is 1.44. The van der Waals surface area contributed by atoms with Gasteiger partial charge in [-0.05, 0) is 26.2 Å². The summed E-state index contributed by atoms with van der Waals surface area (Å²) in [6.45, 7) is 4.42. The molecule has 1 aliphatic rings.